The van der Waals surface area contributed by atoms with E-state index in [9.17, 15) is 9.59 Å². The molecule has 0 unspecified atom stereocenters. The van der Waals surface area contributed by atoms with Crippen LogP contribution in [-0.4, -0.2) is 69.4 Å². The van der Waals surface area contributed by atoms with Gasteiger partial charge in [0.2, 0.25) is 0 Å². The Hall–Kier alpha value is -3.39. The van der Waals surface area contributed by atoms with Gasteiger partial charge < -0.3 is 14.5 Å². The number of carbonyl (C=O) groups excluding carboxylic acids is 2. The fourth-order valence-electron chi connectivity index (χ4n) is 4.50. The SMILES string of the molecule is Cc1nc([C@@H]2CCCN2C(=O)c2nccc3ccccc23)ncc1C(=O)N1CCOCC1. The number of pyridine rings is 1. The molecule has 4 heterocycles. The second-order valence-corrected chi connectivity index (χ2v) is 8.17. The lowest BCUT2D eigenvalue weighted by Crippen LogP contribution is -2.41. The van der Waals surface area contributed by atoms with Gasteiger partial charge in [0.05, 0.1) is 30.5 Å². The molecule has 5 rings (SSSR count). The number of carbonyl (C=O) groups is 2. The monoisotopic (exact) mass is 431 g/mol. The first-order chi connectivity index (χ1) is 15.6. The number of morpholine rings is 1. The first kappa shape index (κ1) is 20.5. The van der Waals surface area contributed by atoms with Gasteiger partial charge in [-0.25, -0.2) is 9.97 Å². The molecule has 0 aliphatic carbocycles. The molecule has 0 N–H and O–H groups in total. The van der Waals surface area contributed by atoms with Crippen molar-refractivity contribution in [1.29, 1.82) is 0 Å². The first-order valence-electron chi connectivity index (χ1n) is 11.0. The Bertz CT molecular complexity index is 1170. The summed E-state index contributed by atoms with van der Waals surface area (Å²) in [5.74, 6) is 0.391. The lowest BCUT2D eigenvalue weighted by molar-refractivity contribution is 0.0301. The first-order valence-corrected chi connectivity index (χ1v) is 11.0. The standard InChI is InChI=1S/C24H25N5O3/c1-16-19(23(30)28-11-13-32-14-12-28)15-26-22(27-16)20-7-4-10-29(20)24(31)21-18-6-3-2-5-17(18)8-9-25-21/h2-3,5-6,8-9,15,20H,4,7,10-14H2,1H3/t20-/m0/s1. The van der Waals surface area contributed by atoms with E-state index >= 15 is 0 Å². The van der Waals surface area contributed by atoms with Crippen LogP contribution in [-0.2, 0) is 4.74 Å². The number of ether oxygens (including phenoxy) is 1. The van der Waals surface area contributed by atoms with Gasteiger partial charge in [0.1, 0.15) is 5.69 Å². The van der Waals surface area contributed by atoms with E-state index in [-0.39, 0.29) is 17.9 Å². The Balaban J connectivity index is 1.41. The van der Waals surface area contributed by atoms with Crippen molar-refractivity contribution in [2.75, 3.05) is 32.8 Å². The zero-order valence-electron chi connectivity index (χ0n) is 18.0. The Morgan fingerprint density at radius 3 is 2.66 bits per heavy atom. The van der Waals surface area contributed by atoms with Crippen LogP contribution in [0.25, 0.3) is 10.8 Å². The van der Waals surface area contributed by atoms with Crippen LogP contribution < -0.4 is 0 Å². The van der Waals surface area contributed by atoms with Crippen molar-refractivity contribution in [2.24, 2.45) is 0 Å². The molecule has 32 heavy (non-hydrogen) atoms. The number of nitrogens with zero attached hydrogens (tertiary/aromatic N) is 5. The molecule has 1 atom stereocenters. The highest BCUT2D eigenvalue weighted by atomic mass is 16.5. The molecule has 2 amide bonds. The van der Waals surface area contributed by atoms with Crippen molar-refractivity contribution in [1.82, 2.24) is 24.8 Å². The van der Waals surface area contributed by atoms with Crippen LogP contribution in [0.2, 0.25) is 0 Å². The maximum absolute atomic E-state index is 13.4. The molecule has 0 radical (unpaired) electrons. The molecule has 8 nitrogen and oxygen atoms in total. The summed E-state index contributed by atoms with van der Waals surface area (Å²) in [7, 11) is 0. The van der Waals surface area contributed by atoms with Crippen molar-refractivity contribution >= 4 is 22.6 Å². The fraction of sp³-hybridized carbons (Fsp3) is 0.375. The third kappa shape index (κ3) is 3.71. The van der Waals surface area contributed by atoms with E-state index in [0.717, 1.165) is 23.6 Å². The van der Waals surface area contributed by atoms with E-state index in [4.69, 9.17) is 4.74 Å². The molecule has 2 fully saturated rings. The maximum atomic E-state index is 13.4. The number of amides is 2. The molecule has 2 aliphatic heterocycles. The summed E-state index contributed by atoms with van der Waals surface area (Å²) in [5, 5.41) is 1.83. The number of aryl methyl sites for hydroxylation is 1. The molecule has 2 aromatic heterocycles. The molecule has 164 valence electrons. The maximum Gasteiger partial charge on any atom is 0.273 e. The summed E-state index contributed by atoms with van der Waals surface area (Å²) in [5.41, 5.74) is 1.59. The van der Waals surface area contributed by atoms with E-state index in [1.165, 1.54) is 0 Å². The van der Waals surface area contributed by atoms with E-state index in [0.29, 0.717) is 55.6 Å². The van der Waals surface area contributed by atoms with E-state index in [2.05, 4.69) is 15.0 Å². The van der Waals surface area contributed by atoms with Crippen LogP contribution in [0, 0.1) is 6.92 Å². The van der Waals surface area contributed by atoms with Gasteiger partial charge >= 0.3 is 0 Å². The van der Waals surface area contributed by atoms with Crippen LogP contribution >= 0.6 is 0 Å². The number of aromatic nitrogens is 3. The number of hydrogen-bond donors (Lipinski definition) is 0. The highest BCUT2D eigenvalue weighted by Gasteiger charge is 2.34. The number of hydrogen-bond acceptors (Lipinski definition) is 6. The molecule has 1 aromatic carbocycles. The summed E-state index contributed by atoms with van der Waals surface area (Å²) in [6.45, 7) is 4.69. The summed E-state index contributed by atoms with van der Waals surface area (Å²) < 4.78 is 5.33. The molecular weight excluding hydrogens is 406 g/mol. The zero-order valence-corrected chi connectivity index (χ0v) is 18.0. The Labute approximate surface area is 186 Å². The summed E-state index contributed by atoms with van der Waals surface area (Å²) >= 11 is 0. The third-order valence-electron chi connectivity index (χ3n) is 6.21. The van der Waals surface area contributed by atoms with Gasteiger partial charge in [-0.2, -0.15) is 0 Å². The largest absolute Gasteiger partial charge is 0.378 e. The number of rotatable bonds is 3. The van der Waals surface area contributed by atoms with Crippen LogP contribution in [0.4, 0.5) is 0 Å². The number of fused-ring (bicyclic) bond motifs is 1. The van der Waals surface area contributed by atoms with Gasteiger partial charge in [0.25, 0.3) is 11.8 Å². The molecule has 0 saturated carbocycles. The van der Waals surface area contributed by atoms with Crippen LogP contribution in [0.3, 0.4) is 0 Å². The minimum absolute atomic E-state index is 0.0725. The quantitative estimate of drug-likeness (QED) is 0.634. The highest BCUT2D eigenvalue weighted by molar-refractivity contribution is 6.05. The van der Waals surface area contributed by atoms with Gasteiger partial charge in [-0.1, -0.05) is 24.3 Å². The summed E-state index contributed by atoms with van der Waals surface area (Å²) in [6.07, 6.45) is 4.94. The second-order valence-electron chi connectivity index (χ2n) is 8.17. The van der Waals surface area contributed by atoms with E-state index in [1.807, 2.05) is 42.2 Å². The van der Waals surface area contributed by atoms with Crippen LogP contribution in [0.1, 0.15) is 51.2 Å². The van der Waals surface area contributed by atoms with Crippen LogP contribution in [0.15, 0.2) is 42.7 Å². The predicted octanol–water partition coefficient (Wildman–Crippen LogP) is 2.78. The number of benzene rings is 1. The smallest absolute Gasteiger partial charge is 0.273 e. The molecule has 3 aromatic rings. The lowest BCUT2D eigenvalue weighted by Gasteiger charge is -2.27. The molecular formula is C24H25N5O3. The van der Waals surface area contributed by atoms with Crippen LogP contribution in [0.5, 0.6) is 0 Å². The minimum Gasteiger partial charge on any atom is -0.378 e. The number of likely N-dealkylation sites (tertiary alicyclic amines) is 1. The normalized spacial score (nSPS) is 18.8. The van der Waals surface area contributed by atoms with Gasteiger partial charge in [-0.15, -0.1) is 0 Å². The van der Waals surface area contributed by atoms with E-state index < -0.39 is 0 Å². The summed E-state index contributed by atoms with van der Waals surface area (Å²) in [4.78, 5) is 43.5. The minimum atomic E-state index is -0.227. The van der Waals surface area contributed by atoms with Crippen molar-refractivity contribution in [3.05, 3.63) is 65.5 Å². The average Bonchev–Trinajstić information content (AvgIpc) is 3.33. The van der Waals surface area contributed by atoms with Gasteiger partial charge in [-0.05, 0) is 31.2 Å². The molecule has 0 bridgehead atoms. The topological polar surface area (TPSA) is 88.5 Å². The zero-order chi connectivity index (χ0) is 22.1. The fourth-order valence-corrected chi connectivity index (χ4v) is 4.50. The second kappa shape index (κ2) is 8.63. The van der Waals surface area contributed by atoms with Gasteiger partial charge in [0, 0.05) is 37.4 Å². The van der Waals surface area contributed by atoms with Crippen molar-refractivity contribution < 1.29 is 14.3 Å². The highest BCUT2D eigenvalue weighted by Crippen LogP contribution is 2.32. The third-order valence-corrected chi connectivity index (χ3v) is 6.21. The van der Waals surface area contributed by atoms with Crippen molar-refractivity contribution in [3.63, 3.8) is 0 Å². The Morgan fingerprint density at radius 1 is 1.03 bits per heavy atom. The van der Waals surface area contributed by atoms with E-state index in [1.54, 1.807) is 17.3 Å². The van der Waals surface area contributed by atoms with Crippen molar-refractivity contribution in [2.45, 2.75) is 25.8 Å². The van der Waals surface area contributed by atoms with Gasteiger partial charge in [0.15, 0.2) is 5.82 Å². The average molecular weight is 431 g/mol. The predicted molar refractivity (Wildman–Crippen MR) is 118 cm³/mol. The molecule has 8 heteroatoms. The Morgan fingerprint density at radius 2 is 1.84 bits per heavy atom. The summed E-state index contributed by atoms with van der Waals surface area (Å²) in [6, 6.07) is 9.45. The molecule has 2 aliphatic rings. The lowest BCUT2D eigenvalue weighted by atomic mass is 10.1. The Kier molecular flexibility index (Phi) is 5.53. The molecule has 2 saturated heterocycles. The van der Waals surface area contributed by atoms with Gasteiger partial charge in [-0.3, -0.25) is 14.6 Å². The molecule has 0 spiro atoms. The van der Waals surface area contributed by atoms with Crippen molar-refractivity contribution in [3.8, 4) is 0 Å².